The van der Waals surface area contributed by atoms with E-state index in [4.69, 9.17) is 5.48 Å². The van der Waals surface area contributed by atoms with Crippen LogP contribution >= 0.6 is 0 Å². The second-order valence-corrected chi connectivity index (χ2v) is 6.80. The Kier molecular flexibility index (Phi) is 3.20. The third kappa shape index (κ3) is 2.62. The molecule has 2 unspecified atom stereocenters. The Bertz CT molecular complexity index is 1080. The maximum absolute atomic E-state index is 8.16. The molecule has 2 atom stereocenters. The molecule has 24 heavy (non-hydrogen) atoms. The number of benzene rings is 2. The van der Waals surface area contributed by atoms with E-state index in [0.717, 1.165) is 10.8 Å². The van der Waals surface area contributed by atoms with E-state index in [-0.39, 0.29) is 44.3 Å². The van der Waals surface area contributed by atoms with Gasteiger partial charge in [0, 0.05) is 29.0 Å². The molecule has 6 rings (SSSR count). The standard InChI is InChI=1S/C22H20N.Ir/c1-2-5-17(6-3-1)22-13-18-11-20-15-7-4-8-16(10-9-15)21(20)12-19(18)14-23-22;/h1-3,5,11-16H,4,7-10H2;/q-1;/i1D,2D,3D,5D;. The predicted molar refractivity (Wildman–Crippen MR) is 94.6 cm³/mol. The minimum atomic E-state index is -0.258. The van der Waals surface area contributed by atoms with Crippen LogP contribution in [0.25, 0.3) is 22.0 Å². The van der Waals surface area contributed by atoms with Crippen molar-refractivity contribution < 1.29 is 25.6 Å². The molecule has 2 bridgehead atoms. The summed E-state index contributed by atoms with van der Waals surface area (Å²) in [7, 11) is 0. The molecule has 2 heteroatoms. The van der Waals surface area contributed by atoms with Crippen LogP contribution in [0.15, 0.2) is 48.6 Å². The molecule has 1 heterocycles. The van der Waals surface area contributed by atoms with Gasteiger partial charge in [-0.15, -0.1) is 35.8 Å². The molecular weight excluding hydrogens is 470 g/mol. The van der Waals surface area contributed by atoms with Gasteiger partial charge in [0.1, 0.15) is 0 Å². The van der Waals surface area contributed by atoms with Gasteiger partial charge >= 0.3 is 0 Å². The van der Waals surface area contributed by atoms with Gasteiger partial charge in [-0.3, -0.25) is 0 Å². The van der Waals surface area contributed by atoms with Crippen LogP contribution in [0.5, 0.6) is 0 Å². The second kappa shape index (κ2) is 6.42. The van der Waals surface area contributed by atoms with Gasteiger partial charge in [0.25, 0.3) is 0 Å². The average molecular weight is 495 g/mol. The molecule has 1 radical (unpaired) electrons. The molecule has 0 N–H and O–H groups in total. The van der Waals surface area contributed by atoms with Gasteiger partial charge in [-0.05, 0) is 73.9 Å². The average Bonchev–Trinajstić information content (AvgIpc) is 3.02. The minimum Gasteiger partial charge on any atom is -0.304 e. The Hall–Kier alpha value is -1.50. The maximum Gasteiger partial charge on any atom is 0.0406 e. The maximum atomic E-state index is 8.16. The second-order valence-electron chi connectivity index (χ2n) is 6.80. The number of hydrogen-bond acceptors (Lipinski definition) is 1. The van der Waals surface area contributed by atoms with Gasteiger partial charge in [-0.25, -0.2) is 0 Å². The van der Waals surface area contributed by atoms with Crippen molar-refractivity contribution in [1.82, 2.24) is 4.98 Å². The van der Waals surface area contributed by atoms with Crippen molar-refractivity contribution in [3.05, 3.63) is 65.8 Å². The predicted octanol–water partition coefficient (Wildman–Crippen LogP) is 5.84. The number of rotatable bonds is 1. The van der Waals surface area contributed by atoms with Gasteiger partial charge in [0.05, 0.1) is 0 Å². The molecule has 3 aliphatic rings. The zero-order valence-corrected chi connectivity index (χ0v) is 15.7. The topological polar surface area (TPSA) is 12.9 Å². The summed E-state index contributed by atoms with van der Waals surface area (Å²) >= 11 is 0. The Morgan fingerprint density at radius 1 is 0.958 bits per heavy atom. The summed E-state index contributed by atoms with van der Waals surface area (Å²) in [6.45, 7) is 0. The molecular formula is C22H20IrN-. The van der Waals surface area contributed by atoms with Gasteiger partial charge in [-0.2, -0.15) is 0 Å². The fourth-order valence-corrected chi connectivity index (χ4v) is 4.37. The molecule has 0 aliphatic heterocycles. The first kappa shape index (κ1) is 12.0. The quantitative estimate of drug-likeness (QED) is 0.387. The number of aromatic nitrogens is 1. The molecule has 1 aromatic heterocycles. The van der Waals surface area contributed by atoms with Gasteiger partial charge in [0.15, 0.2) is 0 Å². The summed E-state index contributed by atoms with van der Waals surface area (Å²) in [6, 6.07) is 8.57. The van der Waals surface area contributed by atoms with E-state index in [1.807, 2.05) is 12.3 Å². The molecule has 0 amide bonds. The van der Waals surface area contributed by atoms with Crippen molar-refractivity contribution in [3.8, 4) is 11.3 Å². The van der Waals surface area contributed by atoms with Crippen LogP contribution in [0.1, 0.15) is 60.5 Å². The third-order valence-corrected chi connectivity index (χ3v) is 5.53. The first-order valence-electron chi connectivity index (χ1n) is 10.5. The number of hydrogen-bond donors (Lipinski definition) is 0. The molecule has 3 aliphatic carbocycles. The van der Waals surface area contributed by atoms with Gasteiger partial charge in [0.2, 0.25) is 0 Å². The van der Waals surface area contributed by atoms with Gasteiger partial charge < -0.3 is 4.98 Å². The van der Waals surface area contributed by atoms with Crippen LogP contribution in [0.3, 0.4) is 0 Å². The molecule has 1 saturated carbocycles. The van der Waals surface area contributed by atoms with Crippen LogP contribution in [0.4, 0.5) is 0 Å². The Morgan fingerprint density at radius 2 is 1.71 bits per heavy atom. The summed E-state index contributed by atoms with van der Waals surface area (Å²) in [6.07, 6.45) is 8.27. The number of fused-ring (bicyclic) bond motifs is 4. The van der Waals surface area contributed by atoms with Crippen molar-refractivity contribution in [3.63, 3.8) is 0 Å². The molecule has 1 nitrogen and oxygen atoms in total. The van der Waals surface area contributed by atoms with Crippen LogP contribution in [0.2, 0.25) is 0 Å². The number of pyridine rings is 1. The van der Waals surface area contributed by atoms with E-state index in [1.165, 1.54) is 43.2 Å². The van der Waals surface area contributed by atoms with Crippen molar-refractivity contribution in [2.75, 3.05) is 0 Å². The summed E-state index contributed by atoms with van der Waals surface area (Å²) < 4.78 is 31.6. The van der Waals surface area contributed by atoms with Crippen LogP contribution in [-0.4, -0.2) is 4.98 Å². The Labute approximate surface area is 162 Å². The van der Waals surface area contributed by atoms with Crippen LogP contribution in [-0.2, 0) is 20.1 Å². The van der Waals surface area contributed by atoms with Crippen molar-refractivity contribution >= 4 is 10.8 Å². The minimum absolute atomic E-state index is 0. The molecule has 0 saturated heterocycles. The molecule has 3 aromatic rings. The zero-order valence-electron chi connectivity index (χ0n) is 17.3. The van der Waals surface area contributed by atoms with Crippen LogP contribution in [0, 0.1) is 6.07 Å². The molecule has 1 fully saturated rings. The first-order chi connectivity index (χ1) is 13.0. The normalized spacial score (nSPS) is 24.2. The smallest absolute Gasteiger partial charge is 0.0406 e. The van der Waals surface area contributed by atoms with Crippen molar-refractivity contribution in [1.29, 1.82) is 0 Å². The fourth-order valence-electron chi connectivity index (χ4n) is 4.37. The molecule has 0 spiro atoms. The fraction of sp³-hybridized carbons (Fsp3) is 0.318. The van der Waals surface area contributed by atoms with E-state index < -0.39 is 0 Å². The SMILES string of the molecule is [2H]c1[c-]c(-c2cc3cc4c(cc3cn2)C2CCCC4CC2)c([2H])c([2H])c1[2H].[Ir]. The Morgan fingerprint density at radius 3 is 2.50 bits per heavy atom. The van der Waals surface area contributed by atoms with E-state index in [2.05, 4.69) is 23.2 Å². The van der Waals surface area contributed by atoms with Crippen LogP contribution < -0.4 is 0 Å². The number of nitrogens with zero attached hydrogens (tertiary/aromatic N) is 1. The third-order valence-electron chi connectivity index (χ3n) is 5.53. The Balaban J connectivity index is 0.00000192. The zero-order chi connectivity index (χ0) is 18.7. The monoisotopic (exact) mass is 495 g/mol. The van der Waals surface area contributed by atoms with E-state index in [9.17, 15) is 0 Å². The summed E-state index contributed by atoms with van der Waals surface area (Å²) in [4.78, 5) is 4.51. The summed E-state index contributed by atoms with van der Waals surface area (Å²) in [5.41, 5.74) is 3.86. The summed E-state index contributed by atoms with van der Waals surface area (Å²) in [5.74, 6) is 1.33. The first-order valence-corrected chi connectivity index (χ1v) is 8.46. The summed E-state index contributed by atoms with van der Waals surface area (Å²) in [5, 5.41) is 2.19. The van der Waals surface area contributed by atoms with Gasteiger partial charge in [-0.1, -0.05) is 18.6 Å². The van der Waals surface area contributed by atoms with E-state index >= 15 is 0 Å². The molecule has 2 aromatic carbocycles. The largest absolute Gasteiger partial charge is 0.304 e. The van der Waals surface area contributed by atoms with Crippen molar-refractivity contribution in [2.45, 2.75) is 43.9 Å². The van der Waals surface area contributed by atoms with E-state index in [1.54, 1.807) is 0 Å². The molecule has 123 valence electrons. The van der Waals surface area contributed by atoms with E-state index in [0.29, 0.717) is 23.1 Å². The van der Waals surface area contributed by atoms with Crippen molar-refractivity contribution in [2.24, 2.45) is 0 Å².